The van der Waals surface area contributed by atoms with Gasteiger partial charge >= 0.3 is 17.9 Å². The molecule has 0 aliphatic carbocycles. The van der Waals surface area contributed by atoms with Gasteiger partial charge in [0, 0.05) is 19.3 Å². The van der Waals surface area contributed by atoms with E-state index in [1.807, 2.05) is 24.3 Å². The Kier molecular flexibility index (Phi) is 48.0. The van der Waals surface area contributed by atoms with Crippen LogP contribution in [-0.4, -0.2) is 37.2 Å². The zero-order chi connectivity index (χ0) is 45.8. The fraction of sp³-hybridized carbons (Fsp3) is 0.667. The Bertz CT molecular complexity index is 1280. The molecule has 0 saturated heterocycles. The molecular formula is C57H94O6. The van der Waals surface area contributed by atoms with Gasteiger partial charge < -0.3 is 14.2 Å². The predicted molar refractivity (Wildman–Crippen MR) is 270 cm³/mol. The van der Waals surface area contributed by atoms with E-state index in [2.05, 4.69) is 93.7 Å². The number of hydrogen-bond donors (Lipinski definition) is 0. The molecule has 0 aliphatic heterocycles. The Balaban J connectivity index is 4.46. The Labute approximate surface area is 387 Å². The molecule has 358 valence electrons. The summed E-state index contributed by atoms with van der Waals surface area (Å²) < 4.78 is 16.7. The number of allylic oxidation sites excluding steroid dienone is 16. The van der Waals surface area contributed by atoms with Crippen molar-refractivity contribution in [1.29, 1.82) is 0 Å². The number of carbonyl (C=O) groups is 3. The van der Waals surface area contributed by atoms with E-state index in [0.29, 0.717) is 19.3 Å². The van der Waals surface area contributed by atoms with Crippen molar-refractivity contribution in [3.05, 3.63) is 97.2 Å². The van der Waals surface area contributed by atoms with Crippen molar-refractivity contribution in [2.75, 3.05) is 13.2 Å². The third-order valence-electron chi connectivity index (χ3n) is 10.7. The van der Waals surface area contributed by atoms with Crippen LogP contribution in [0.3, 0.4) is 0 Å². The number of unbranched alkanes of at least 4 members (excludes halogenated alkanes) is 22. The van der Waals surface area contributed by atoms with Gasteiger partial charge in [-0.15, -0.1) is 0 Å². The largest absolute Gasteiger partial charge is 0.462 e. The molecule has 0 aromatic rings. The third kappa shape index (κ3) is 49.2. The van der Waals surface area contributed by atoms with E-state index >= 15 is 0 Å². The average molecular weight is 875 g/mol. The van der Waals surface area contributed by atoms with Crippen molar-refractivity contribution in [3.63, 3.8) is 0 Å². The molecule has 0 rings (SSSR count). The number of ether oxygens (including phenoxy) is 3. The minimum Gasteiger partial charge on any atom is -0.462 e. The molecule has 0 amide bonds. The van der Waals surface area contributed by atoms with Crippen LogP contribution in [0.25, 0.3) is 0 Å². The van der Waals surface area contributed by atoms with E-state index < -0.39 is 6.10 Å². The zero-order valence-electron chi connectivity index (χ0n) is 40.8. The Morgan fingerprint density at radius 3 is 1.16 bits per heavy atom. The van der Waals surface area contributed by atoms with Crippen LogP contribution in [0.4, 0.5) is 0 Å². The van der Waals surface area contributed by atoms with Gasteiger partial charge in [0.15, 0.2) is 6.10 Å². The van der Waals surface area contributed by atoms with Gasteiger partial charge in [-0.25, -0.2) is 0 Å². The highest BCUT2D eigenvalue weighted by atomic mass is 16.6. The maximum absolute atomic E-state index is 12.8. The van der Waals surface area contributed by atoms with Crippen LogP contribution in [0, 0.1) is 0 Å². The van der Waals surface area contributed by atoms with Gasteiger partial charge in [-0.2, -0.15) is 0 Å². The van der Waals surface area contributed by atoms with Crippen molar-refractivity contribution in [2.45, 2.75) is 232 Å². The summed E-state index contributed by atoms with van der Waals surface area (Å²) in [5.41, 5.74) is 0. The minimum atomic E-state index is -0.803. The summed E-state index contributed by atoms with van der Waals surface area (Å²) in [6, 6.07) is 0. The minimum absolute atomic E-state index is 0.101. The monoisotopic (exact) mass is 875 g/mol. The summed E-state index contributed by atoms with van der Waals surface area (Å²) in [7, 11) is 0. The van der Waals surface area contributed by atoms with Gasteiger partial charge in [-0.05, 0) is 89.9 Å². The Morgan fingerprint density at radius 1 is 0.349 bits per heavy atom. The van der Waals surface area contributed by atoms with Crippen LogP contribution in [0.5, 0.6) is 0 Å². The number of esters is 3. The van der Waals surface area contributed by atoms with Crippen molar-refractivity contribution < 1.29 is 28.6 Å². The van der Waals surface area contributed by atoms with Crippen LogP contribution in [-0.2, 0) is 28.6 Å². The van der Waals surface area contributed by atoms with Gasteiger partial charge in [0.2, 0.25) is 0 Å². The van der Waals surface area contributed by atoms with Gasteiger partial charge in [-0.3, -0.25) is 14.4 Å². The van der Waals surface area contributed by atoms with Crippen LogP contribution >= 0.6 is 0 Å². The Morgan fingerprint density at radius 2 is 0.698 bits per heavy atom. The fourth-order valence-electron chi connectivity index (χ4n) is 6.83. The van der Waals surface area contributed by atoms with E-state index in [9.17, 15) is 14.4 Å². The molecule has 0 aliphatic rings. The highest BCUT2D eigenvalue weighted by Crippen LogP contribution is 2.13. The number of hydrogen-bond acceptors (Lipinski definition) is 6. The van der Waals surface area contributed by atoms with E-state index in [1.54, 1.807) is 0 Å². The van der Waals surface area contributed by atoms with Gasteiger partial charge in [0.05, 0.1) is 0 Å². The second-order valence-electron chi connectivity index (χ2n) is 16.8. The lowest BCUT2D eigenvalue weighted by Crippen LogP contribution is -2.30. The van der Waals surface area contributed by atoms with E-state index in [-0.39, 0.29) is 31.1 Å². The number of carbonyl (C=O) groups excluding carboxylic acids is 3. The van der Waals surface area contributed by atoms with Crippen molar-refractivity contribution in [2.24, 2.45) is 0 Å². The molecular weight excluding hydrogens is 781 g/mol. The van der Waals surface area contributed by atoms with Crippen LogP contribution < -0.4 is 0 Å². The second kappa shape index (κ2) is 51.0. The molecule has 0 aromatic carbocycles. The maximum atomic E-state index is 12.8. The molecule has 0 saturated carbocycles. The molecule has 6 nitrogen and oxygen atoms in total. The van der Waals surface area contributed by atoms with Crippen molar-refractivity contribution in [1.82, 2.24) is 0 Å². The molecule has 0 heterocycles. The fourth-order valence-corrected chi connectivity index (χ4v) is 6.83. The van der Waals surface area contributed by atoms with E-state index in [0.717, 1.165) is 135 Å². The maximum Gasteiger partial charge on any atom is 0.306 e. The lowest BCUT2D eigenvalue weighted by molar-refractivity contribution is -0.167. The third-order valence-corrected chi connectivity index (χ3v) is 10.7. The first-order valence-electron chi connectivity index (χ1n) is 25.8. The first-order chi connectivity index (χ1) is 31.0. The van der Waals surface area contributed by atoms with Crippen LogP contribution in [0.15, 0.2) is 97.2 Å². The summed E-state index contributed by atoms with van der Waals surface area (Å²) in [6.45, 7) is 6.33. The molecule has 0 spiro atoms. The van der Waals surface area contributed by atoms with Gasteiger partial charge in [0.25, 0.3) is 0 Å². The zero-order valence-corrected chi connectivity index (χ0v) is 40.8. The van der Waals surface area contributed by atoms with E-state index in [4.69, 9.17) is 14.2 Å². The molecule has 0 bridgehead atoms. The molecule has 0 aromatic heterocycles. The number of rotatable bonds is 45. The quantitative estimate of drug-likeness (QED) is 0.0199. The van der Waals surface area contributed by atoms with Crippen LogP contribution in [0.2, 0.25) is 0 Å². The van der Waals surface area contributed by atoms with Crippen molar-refractivity contribution in [3.8, 4) is 0 Å². The highest BCUT2D eigenvalue weighted by molar-refractivity contribution is 5.71. The Hall–Kier alpha value is -3.67. The van der Waals surface area contributed by atoms with E-state index in [1.165, 1.54) is 51.4 Å². The average Bonchev–Trinajstić information content (AvgIpc) is 3.28. The second-order valence-corrected chi connectivity index (χ2v) is 16.8. The lowest BCUT2D eigenvalue weighted by Gasteiger charge is -2.18. The topological polar surface area (TPSA) is 78.9 Å². The molecule has 6 heteroatoms. The normalized spacial score (nSPS) is 12.9. The molecule has 0 fully saturated rings. The molecule has 63 heavy (non-hydrogen) atoms. The first-order valence-corrected chi connectivity index (χ1v) is 25.8. The SMILES string of the molecule is CC\C=C/C=C\C=C/C=C\CCCCCCCC(=O)OC(COC(=O)CCCCCCC/C=C\C=C/CCCCCCCCC)COC(=O)CCCCCCC/C=C\C/C=C\CC. The summed E-state index contributed by atoms with van der Waals surface area (Å²) >= 11 is 0. The van der Waals surface area contributed by atoms with Crippen LogP contribution in [0.1, 0.15) is 226 Å². The summed E-state index contributed by atoms with van der Waals surface area (Å²) in [6.07, 6.45) is 66.8. The van der Waals surface area contributed by atoms with Gasteiger partial charge in [-0.1, -0.05) is 214 Å². The summed E-state index contributed by atoms with van der Waals surface area (Å²) in [4.78, 5) is 38.0. The highest BCUT2D eigenvalue weighted by Gasteiger charge is 2.19. The molecule has 0 N–H and O–H groups in total. The summed E-state index contributed by atoms with van der Waals surface area (Å²) in [5, 5.41) is 0. The van der Waals surface area contributed by atoms with Gasteiger partial charge in [0.1, 0.15) is 13.2 Å². The predicted octanol–water partition coefficient (Wildman–Crippen LogP) is 17.0. The molecule has 0 radical (unpaired) electrons. The molecule has 1 atom stereocenters. The smallest absolute Gasteiger partial charge is 0.306 e. The van der Waals surface area contributed by atoms with Crippen molar-refractivity contribution >= 4 is 17.9 Å². The first kappa shape index (κ1) is 59.3. The lowest BCUT2D eigenvalue weighted by atomic mass is 10.1. The summed E-state index contributed by atoms with van der Waals surface area (Å²) in [5.74, 6) is -0.957. The standard InChI is InChI=1S/C57H94O6/c1-4-7-10-13-16-19-22-25-27-28-29-31-32-35-38-41-44-47-50-56(59)62-53-54(52-61-55(58)49-46-43-40-37-34-24-21-18-15-12-9-6-3)63-57(60)51-48-45-42-39-36-33-30-26-23-20-17-14-11-8-5-2/h8-9,11-12,14,17-18,20-21,23,26-31,54H,4-7,10,13,15-16,19,22,24-25,32-53H2,1-3H3/b11-8-,12-9-,17-14-,21-18-,23-20-,28-27-,30-26-,31-29-. The molecule has 1 unspecified atom stereocenters.